The van der Waals surface area contributed by atoms with Gasteiger partial charge >= 0.3 is 0 Å². The van der Waals surface area contributed by atoms with Crippen LogP contribution in [-0.2, 0) is 11.2 Å². The molecule has 2 rings (SSSR count). The number of aromatic nitrogens is 1. The molecule has 0 bridgehead atoms. The van der Waals surface area contributed by atoms with Gasteiger partial charge in [0.1, 0.15) is 0 Å². The molecule has 1 atom stereocenters. The van der Waals surface area contributed by atoms with Crippen LogP contribution in [-0.4, -0.2) is 24.2 Å². The number of rotatable bonds is 4. The van der Waals surface area contributed by atoms with E-state index in [1.54, 1.807) is 11.3 Å². The summed E-state index contributed by atoms with van der Waals surface area (Å²) in [5.41, 5.74) is 4.80. The third-order valence-corrected chi connectivity index (χ3v) is 3.76. The van der Waals surface area contributed by atoms with Crippen LogP contribution >= 0.6 is 11.3 Å². The lowest BCUT2D eigenvalue weighted by Crippen LogP contribution is -2.44. The van der Waals surface area contributed by atoms with Crippen molar-refractivity contribution >= 4 is 11.3 Å². The van der Waals surface area contributed by atoms with Crippen LogP contribution in [0.4, 0.5) is 0 Å². The Balaban J connectivity index is 1.91. The standard InChI is InChI=1S/C10H17N3OS/c11-13-10(5-9-6-12-7-15-9)8-1-3-14-4-2-8/h6-8,10,13H,1-5,11H2. The number of nitrogens with one attached hydrogen (secondary N) is 1. The summed E-state index contributed by atoms with van der Waals surface area (Å²) in [4.78, 5) is 5.38. The maximum atomic E-state index is 5.61. The number of ether oxygens (including phenoxy) is 1. The zero-order valence-electron chi connectivity index (χ0n) is 8.69. The number of nitrogens with two attached hydrogens (primary N) is 1. The molecule has 4 nitrogen and oxygen atoms in total. The van der Waals surface area contributed by atoms with Gasteiger partial charge in [-0.05, 0) is 18.8 Å². The zero-order chi connectivity index (χ0) is 10.5. The van der Waals surface area contributed by atoms with Crippen molar-refractivity contribution < 1.29 is 4.74 Å². The van der Waals surface area contributed by atoms with Gasteiger partial charge in [0.15, 0.2) is 0 Å². The van der Waals surface area contributed by atoms with Gasteiger partial charge in [-0.3, -0.25) is 16.3 Å². The fraction of sp³-hybridized carbons (Fsp3) is 0.700. The van der Waals surface area contributed by atoms with Gasteiger partial charge in [0, 0.05) is 36.8 Å². The second-order valence-corrected chi connectivity index (χ2v) is 4.87. The number of nitrogens with zero attached hydrogens (tertiary/aromatic N) is 1. The maximum absolute atomic E-state index is 5.61. The third kappa shape index (κ3) is 2.98. The molecule has 0 radical (unpaired) electrons. The van der Waals surface area contributed by atoms with E-state index in [-0.39, 0.29) is 0 Å². The summed E-state index contributed by atoms with van der Waals surface area (Å²) >= 11 is 1.69. The molecular formula is C10H17N3OS. The first-order valence-electron chi connectivity index (χ1n) is 5.31. The molecule has 0 saturated carbocycles. The number of thiazole rings is 1. The first-order valence-corrected chi connectivity index (χ1v) is 6.19. The number of hydrogen-bond acceptors (Lipinski definition) is 5. The van der Waals surface area contributed by atoms with E-state index in [0.29, 0.717) is 12.0 Å². The fourth-order valence-electron chi connectivity index (χ4n) is 2.04. The van der Waals surface area contributed by atoms with Crippen LogP contribution in [0.5, 0.6) is 0 Å². The summed E-state index contributed by atoms with van der Waals surface area (Å²) in [6, 6.07) is 0.356. The molecule has 1 aromatic heterocycles. The highest BCUT2D eigenvalue weighted by atomic mass is 32.1. The van der Waals surface area contributed by atoms with E-state index in [9.17, 15) is 0 Å². The van der Waals surface area contributed by atoms with Gasteiger partial charge in [-0.15, -0.1) is 11.3 Å². The molecular weight excluding hydrogens is 210 g/mol. The molecule has 5 heteroatoms. The minimum atomic E-state index is 0.356. The van der Waals surface area contributed by atoms with Crippen LogP contribution in [0, 0.1) is 5.92 Å². The molecule has 0 aliphatic carbocycles. The van der Waals surface area contributed by atoms with Crippen LogP contribution in [0.1, 0.15) is 17.7 Å². The molecule has 1 aromatic rings. The number of hydrogen-bond donors (Lipinski definition) is 2. The first-order chi connectivity index (χ1) is 7.40. The van der Waals surface area contributed by atoms with E-state index >= 15 is 0 Å². The predicted molar refractivity (Wildman–Crippen MR) is 60.5 cm³/mol. The summed E-state index contributed by atoms with van der Waals surface area (Å²) < 4.78 is 5.35. The Labute approximate surface area is 93.8 Å². The smallest absolute Gasteiger partial charge is 0.0794 e. The van der Waals surface area contributed by atoms with E-state index < -0.39 is 0 Å². The van der Waals surface area contributed by atoms with Crippen molar-refractivity contribution in [3.05, 3.63) is 16.6 Å². The van der Waals surface area contributed by atoms with Gasteiger partial charge in [-0.2, -0.15) is 0 Å². The monoisotopic (exact) mass is 227 g/mol. The van der Waals surface area contributed by atoms with Crippen molar-refractivity contribution in [1.29, 1.82) is 0 Å². The quantitative estimate of drug-likeness (QED) is 0.594. The molecule has 0 amide bonds. The molecule has 1 unspecified atom stereocenters. The number of hydrazine groups is 1. The highest BCUT2D eigenvalue weighted by Crippen LogP contribution is 2.22. The lowest BCUT2D eigenvalue weighted by atomic mass is 9.90. The SMILES string of the molecule is NNC(Cc1cncs1)C1CCOCC1. The van der Waals surface area contributed by atoms with Gasteiger partial charge in [0.2, 0.25) is 0 Å². The largest absolute Gasteiger partial charge is 0.381 e. The van der Waals surface area contributed by atoms with E-state index in [2.05, 4.69) is 10.4 Å². The summed E-state index contributed by atoms with van der Waals surface area (Å²) in [6.45, 7) is 1.73. The minimum absolute atomic E-state index is 0.356. The maximum Gasteiger partial charge on any atom is 0.0794 e. The van der Waals surface area contributed by atoms with Crippen molar-refractivity contribution in [2.75, 3.05) is 13.2 Å². The van der Waals surface area contributed by atoms with E-state index in [1.807, 2.05) is 11.7 Å². The van der Waals surface area contributed by atoms with Crippen LogP contribution in [0.15, 0.2) is 11.7 Å². The second-order valence-electron chi connectivity index (χ2n) is 3.89. The molecule has 2 heterocycles. The van der Waals surface area contributed by atoms with Crippen LogP contribution < -0.4 is 11.3 Å². The second kappa shape index (κ2) is 5.55. The van der Waals surface area contributed by atoms with E-state index in [1.165, 1.54) is 4.88 Å². The van der Waals surface area contributed by atoms with Crippen molar-refractivity contribution in [1.82, 2.24) is 10.4 Å². The lowest BCUT2D eigenvalue weighted by Gasteiger charge is -2.29. The molecule has 3 N–H and O–H groups in total. The highest BCUT2D eigenvalue weighted by Gasteiger charge is 2.23. The van der Waals surface area contributed by atoms with Gasteiger partial charge in [-0.1, -0.05) is 0 Å². The summed E-state index contributed by atoms with van der Waals surface area (Å²) in [5, 5.41) is 0. The molecule has 84 valence electrons. The molecule has 15 heavy (non-hydrogen) atoms. The Morgan fingerprint density at radius 2 is 2.40 bits per heavy atom. The average molecular weight is 227 g/mol. The Kier molecular flexibility index (Phi) is 4.08. The average Bonchev–Trinajstić information content (AvgIpc) is 2.80. The predicted octanol–water partition coefficient (Wildman–Crippen LogP) is 0.944. The fourth-order valence-corrected chi connectivity index (χ4v) is 2.69. The molecule has 0 aromatic carbocycles. The van der Waals surface area contributed by atoms with Crippen LogP contribution in [0.25, 0.3) is 0 Å². The highest BCUT2D eigenvalue weighted by molar-refractivity contribution is 7.09. The minimum Gasteiger partial charge on any atom is -0.381 e. The van der Waals surface area contributed by atoms with Crippen LogP contribution in [0.3, 0.4) is 0 Å². The Bertz CT molecular complexity index is 272. The molecule has 1 aliphatic rings. The summed E-state index contributed by atoms with van der Waals surface area (Å²) in [5.74, 6) is 6.24. The normalized spacial score (nSPS) is 20.3. The van der Waals surface area contributed by atoms with E-state index in [0.717, 1.165) is 32.5 Å². The zero-order valence-corrected chi connectivity index (χ0v) is 9.50. The van der Waals surface area contributed by atoms with Crippen molar-refractivity contribution in [3.63, 3.8) is 0 Å². The van der Waals surface area contributed by atoms with Gasteiger partial charge < -0.3 is 4.74 Å². The van der Waals surface area contributed by atoms with E-state index in [4.69, 9.17) is 10.6 Å². The Morgan fingerprint density at radius 3 is 3.00 bits per heavy atom. The molecule has 1 fully saturated rings. The Hall–Kier alpha value is -0.490. The van der Waals surface area contributed by atoms with Crippen molar-refractivity contribution in [2.45, 2.75) is 25.3 Å². The van der Waals surface area contributed by atoms with Crippen molar-refractivity contribution in [2.24, 2.45) is 11.8 Å². The van der Waals surface area contributed by atoms with Gasteiger partial charge in [0.05, 0.1) is 5.51 Å². The third-order valence-electron chi connectivity index (χ3n) is 2.95. The summed E-state index contributed by atoms with van der Waals surface area (Å²) in [7, 11) is 0. The van der Waals surface area contributed by atoms with Crippen molar-refractivity contribution in [3.8, 4) is 0 Å². The van der Waals surface area contributed by atoms with Gasteiger partial charge in [0.25, 0.3) is 0 Å². The Morgan fingerprint density at radius 1 is 1.60 bits per heavy atom. The van der Waals surface area contributed by atoms with Gasteiger partial charge in [-0.25, -0.2) is 0 Å². The topological polar surface area (TPSA) is 60.2 Å². The molecule has 1 saturated heterocycles. The summed E-state index contributed by atoms with van der Waals surface area (Å²) in [6.07, 6.45) is 5.11. The molecule has 0 spiro atoms. The first kappa shape index (κ1) is 11.0. The van der Waals surface area contributed by atoms with Crippen LogP contribution in [0.2, 0.25) is 0 Å². The molecule has 1 aliphatic heterocycles. The lowest BCUT2D eigenvalue weighted by molar-refractivity contribution is 0.0539.